The molecule has 2 heterocycles. The van der Waals surface area contributed by atoms with Crippen LogP contribution in [0.4, 0.5) is 10.1 Å². The van der Waals surface area contributed by atoms with Crippen molar-refractivity contribution >= 4 is 62.4 Å². The number of methoxy groups -OCH3 is 1. The van der Waals surface area contributed by atoms with Crippen molar-refractivity contribution in [1.82, 2.24) is 10.2 Å². The molecule has 2 N–H and O–H groups in total. The number of rotatable bonds is 9. The lowest BCUT2D eigenvalue weighted by molar-refractivity contribution is -0.113. The van der Waals surface area contributed by atoms with Crippen molar-refractivity contribution in [2.24, 2.45) is 0 Å². The van der Waals surface area contributed by atoms with Gasteiger partial charge < -0.3 is 14.8 Å². The Balaban J connectivity index is 1.34. The Bertz CT molecular complexity index is 1220. The minimum atomic E-state index is -0.398. The van der Waals surface area contributed by atoms with E-state index in [9.17, 15) is 14.4 Å². The summed E-state index contributed by atoms with van der Waals surface area (Å²) in [6, 6.07) is 6.77. The molecule has 0 aliphatic heterocycles. The van der Waals surface area contributed by atoms with E-state index in [4.69, 9.17) is 9.47 Å². The van der Waals surface area contributed by atoms with Crippen molar-refractivity contribution < 1.29 is 23.9 Å². The number of hydrogen-bond donors (Lipinski definition) is 2. The molecule has 34 heavy (non-hydrogen) atoms. The molecule has 9 nitrogen and oxygen atoms in total. The van der Waals surface area contributed by atoms with E-state index in [1.807, 2.05) is 0 Å². The molecule has 0 saturated carbocycles. The van der Waals surface area contributed by atoms with Crippen LogP contribution in [-0.2, 0) is 22.4 Å². The summed E-state index contributed by atoms with van der Waals surface area (Å²) < 4.78 is 10.9. The van der Waals surface area contributed by atoms with Gasteiger partial charge in [0.1, 0.15) is 10.8 Å². The predicted molar refractivity (Wildman–Crippen MR) is 133 cm³/mol. The monoisotopic (exact) mass is 518 g/mol. The van der Waals surface area contributed by atoms with Crippen LogP contribution in [0.15, 0.2) is 28.6 Å². The van der Waals surface area contributed by atoms with E-state index in [-0.39, 0.29) is 24.2 Å². The molecule has 0 fully saturated rings. The molecule has 0 unspecified atom stereocenters. The normalized spacial score (nSPS) is 12.2. The van der Waals surface area contributed by atoms with Crippen LogP contribution in [0.25, 0.3) is 0 Å². The molecule has 0 saturated heterocycles. The van der Waals surface area contributed by atoms with Crippen LogP contribution in [0.1, 0.15) is 44.5 Å². The van der Waals surface area contributed by atoms with Gasteiger partial charge in [0.2, 0.25) is 11.0 Å². The fourth-order valence-corrected chi connectivity index (χ4v) is 6.29. The molecule has 0 spiro atoms. The van der Waals surface area contributed by atoms with Gasteiger partial charge in [0.15, 0.2) is 4.34 Å². The minimum Gasteiger partial charge on any atom is -0.497 e. The zero-order valence-electron chi connectivity index (χ0n) is 18.5. The van der Waals surface area contributed by atoms with Gasteiger partial charge in [-0.25, -0.2) is 4.79 Å². The second-order valence-corrected chi connectivity index (χ2v) is 10.5. The first-order chi connectivity index (χ1) is 16.5. The molecule has 1 aliphatic rings. The fourth-order valence-electron chi connectivity index (χ4n) is 3.45. The lowest BCUT2D eigenvalue weighted by Gasteiger charge is -2.07. The van der Waals surface area contributed by atoms with Gasteiger partial charge >= 0.3 is 5.97 Å². The number of carbonyl (C=O) groups is 3. The van der Waals surface area contributed by atoms with Crippen LogP contribution < -0.4 is 15.4 Å². The molecular formula is C22H22N4O5S3. The van der Waals surface area contributed by atoms with Crippen LogP contribution >= 0.6 is 34.4 Å². The number of carbonyl (C=O) groups excluding carboxylic acids is 3. The number of aromatic nitrogens is 2. The van der Waals surface area contributed by atoms with Gasteiger partial charge in [-0.2, -0.15) is 0 Å². The maximum absolute atomic E-state index is 12.6. The number of benzene rings is 1. The molecule has 3 aromatic rings. The first-order valence-corrected chi connectivity index (χ1v) is 13.1. The third-order valence-electron chi connectivity index (χ3n) is 4.94. The molecule has 4 rings (SSSR count). The number of anilines is 2. The summed E-state index contributed by atoms with van der Waals surface area (Å²) in [5, 5.41) is 14.4. The van der Waals surface area contributed by atoms with Gasteiger partial charge in [0.25, 0.3) is 5.91 Å². The molecule has 178 valence electrons. The third-order valence-corrected chi connectivity index (χ3v) is 8.12. The average molecular weight is 519 g/mol. The third kappa shape index (κ3) is 5.57. The molecule has 1 aromatic carbocycles. The smallest absolute Gasteiger partial charge is 0.341 e. The van der Waals surface area contributed by atoms with E-state index in [2.05, 4.69) is 20.8 Å². The summed E-state index contributed by atoms with van der Waals surface area (Å²) in [7, 11) is 1.53. The minimum absolute atomic E-state index is 0.0866. The molecule has 0 radical (unpaired) electrons. The van der Waals surface area contributed by atoms with Crippen LogP contribution in [0.5, 0.6) is 5.75 Å². The summed E-state index contributed by atoms with van der Waals surface area (Å²) in [5.41, 5.74) is 1.91. The Hall–Kier alpha value is -2.96. The maximum Gasteiger partial charge on any atom is 0.341 e. The summed E-state index contributed by atoms with van der Waals surface area (Å²) in [6.07, 6.45) is 2.73. The molecule has 2 aromatic heterocycles. The number of thiophene rings is 1. The first kappa shape index (κ1) is 24.2. The Morgan fingerprint density at radius 3 is 2.79 bits per heavy atom. The quantitative estimate of drug-likeness (QED) is 0.245. The maximum atomic E-state index is 12.6. The number of thioether (sulfide) groups is 1. The number of nitrogens with zero attached hydrogens (tertiary/aromatic N) is 2. The largest absolute Gasteiger partial charge is 0.497 e. The van der Waals surface area contributed by atoms with E-state index in [1.54, 1.807) is 31.2 Å². The topological polar surface area (TPSA) is 120 Å². The molecule has 12 heteroatoms. The van der Waals surface area contributed by atoms with E-state index < -0.39 is 5.97 Å². The van der Waals surface area contributed by atoms with Crippen molar-refractivity contribution in [2.75, 3.05) is 30.1 Å². The summed E-state index contributed by atoms with van der Waals surface area (Å²) in [6.45, 7) is 2.04. The molecular weight excluding hydrogens is 496 g/mol. The Morgan fingerprint density at radius 2 is 2.00 bits per heavy atom. The first-order valence-electron chi connectivity index (χ1n) is 10.5. The second kappa shape index (κ2) is 11.0. The van der Waals surface area contributed by atoms with Crippen molar-refractivity contribution in [1.29, 1.82) is 0 Å². The molecule has 0 bridgehead atoms. The van der Waals surface area contributed by atoms with Crippen molar-refractivity contribution in [3.63, 3.8) is 0 Å². The molecule has 2 amide bonds. The number of nitrogens with one attached hydrogen (secondary N) is 2. The number of ether oxygens (including phenoxy) is 2. The average Bonchev–Trinajstić information content (AvgIpc) is 3.54. The second-order valence-electron chi connectivity index (χ2n) is 7.18. The van der Waals surface area contributed by atoms with Gasteiger partial charge in [0.05, 0.1) is 25.0 Å². The number of amides is 2. The summed E-state index contributed by atoms with van der Waals surface area (Å²) in [4.78, 5) is 38.6. The van der Waals surface area contributed by atoms with Crippen LogP contribution in [0.3, 0.4) is 0 Å². The number of hydrogen-bond acceptors (Lipinski definition) is 10. The van der Waals surface area contributed by atoms with E-state index >= 15 is 0 Å². The number of fused-ring (bicyclic) bond motifs is 1. The summed E-state index contributed by atoms with van der Waals surface area (Å²) >= 11 is 3.82. The van der Waals surface area contributed by atoms with E-state index in [1.165, 1.54) is 41.5 Å². The van der Waals surface area contributed by atoms with E-state index in [0.29, 0.717) is 31.3 Å². The standard InChI is InChI=1S/C22H22N4O5S3/c1-3-31-20(29)17-14-8-5-9-15(14)33-19(17)23-16(27)11-32-22-26-25-21(34-22)24-18(28)12-6-4-7-13(10-12)30-2/h4,6-7,10H,3,5,8-9,11H2,1-2H3,(H,23,27)(H,24,25,28). The molecule has 0 atom stereocenters. The van der Waals surface area contributed by atoms with Crippen LogP contribution in [0.2, 0.25) is 0 Å². The van der Waals surface area contributed by atoms with Gasteiger partial charge in [-0.15, -0.1) is 21.5 Å². The fraction of sp³-hybridized carbons (Fsp3) is 0.318. The van der Waals surface area contributed by atoms with Crippen molar-refractivity contribution in [3.8, 4) is 5.75 Å². The highest BCUT2D eigenvalue weighted by Gasteiger charge is 2.28. The summed E-state index contributed by atoms with van der Waals surface area (Å²) in [5.74, 6) is -0.322. The highest BCUT2D eigenvalue weighted by Crippen LogP contribution is 2.39. The highest BCUT2D eigenvalue weighted by atomic mass is 32.2. The molecule has 1 aliphatic carbocycles. The zero-order chi connectivity index (χ0) is 24.1. The SMILES string of the molecule is CCOC(=O)c1c(NC(=O)CSc2nnc(NC(=O)c3cccc(OC)c3)s2)sc2c1CCC2. The van der Waals surface area contributed by atoms with Crippen LogP contribution in [-0.4, -0.2) is 47.5 Å². The lowest BCUT2D eigenvalue weighted by Crippen LogP contribution is -2.16. The van der Waals surface area contributed by atoms with Gasteiger partial charge in [0, 0.05) is 10.4 Å². The van der Waals surface area contributed by atoms with Crippen molar-refractivity contribution in [3.05, 3.63) is 45.8 Å². The predicted octanol–water partition coefficient (Wildman–Crippen LogP) is 4.26. The van der Waals surface area contributed by atoms with Crippen LogP contribution in [0, 0.1) is 0 Å². The van der Waals surface area contributed by atoms with Gasteiger partial charge in [-0.05, 0) is 49.9 Å². The zero-order valence-corrected chi connectivity index (χ0v) is 21.0. The van der Waals surface area contributed by atoms with E-state index in [0.717, 1.165) is 29.7 Å². The van der Waals surface area contributed by atoms with Gasteiger partial charge in [-0.3, -0.25) is 14.9 Å². The number of esters is 1. The van der Waals surface area contributed by atoms with Crippen molar-refractivity contribution in [2.45, 2.75) is 30.5 Å². The Labute approximate surface area is 208 Å². The Morgan fingerprint density at radius 1 is 1.15 bits per heavy atom. The Kier molecular flexibility index (Phi) is 7.80. The lowest BCUT2D eigenvalue weighted by atomic mass is 10.1. The van der Waals surface area contributed by atoms with Gasteiger partial charge in [-0.1, -0.05) is 29.2 Å². The number of aryl methyl sites for hydroxylation is 1. The highest BCUT2D eigenvalue weighted by molar-refractivity contribution is 8.01.